The van der Waals surface area contributed by atoms with Crippen molar-refractivity contribution in [3.63, 3.8) is 0 Å². The lowest BCUT2D eigenvalue weighted by Gasteiger charge is -2.41. The van der Waals surface area contributed by atoms with Crippen LogP contribution in [0.25, 0.3) is 0 Å². The van der Waals surface area contributed by atoms with E-state index in [-0.39, 0.29) is 0 Å². The standard InChI is InChI=1S/C21H26N4O2S/c1-5-18-21(25(14-26)12-10-15(2)3,16-6-8-17(27-4)9-7-16)19(24-23-18)20-22-11-13-28-20/h6-9,11,13-15H,5,10,12H2,1-4H3. The smallest absolute Gasteiger partial charge is 0.211 e. The van der Waals surface area contributed by atoms with Gasteiger partial charge in [0, 0.05) is 18.1 Å². The molecule has 7 heteroatoms. The van der Waals surface area contributed by atoms with Gasteiger partial charge in [-0.2, -0.15) is 5.10 Å². The molecule has 0 radical (unpaired) electrons. The lowest BCUT2D eigenvalue weighted by atomic mass is 9.78. The van der Waals surface area contributed by atoms with Crippen LogP contribution in [0.4, 0.5) is 0 Å². The zero-order valence-electron chi connectivity index (χ0n) is 16.8. The van der Waals surface area contributed by atoms with E-state index in [0.717, 1.165) is 34.9 Å². The molecule has 1 aromatic heterocycles. The van der Waals surface area contributed by atoms with Gasteiger partial charge in [-0.25, -0.2) is 4.98 Å². The van der Waals surface area contributed by atoms with Crippen molar-refractivity contribution in [3.8, 4) is 5.75 Å². The number of rotatable bonds is 9. The van der Waals surface area contributed by atoms with E-state index in [4.69, 9.17) is 4.74 Å². The Balaban J connectivity index is 2.20. The number of carbonyl (C=O) groups excluding carboxylic acids is 1. The first-order chi connectivity index (χ1) is 13.6. The zero-order chi connectivity index (χ0) is 20.1. The largest absolute Gasteiger partial charge is 0.497 e. The van der Waals surface area contributed by atoms with Crippen LogP contribution in [0, 0.1) is 5.92 Å². The number of thiazole rings is 1. The minimum Gasteiger partial charge on any atom is -0.497 e. The highest BCUT2D eigenvalue weighted by molar-refractivity contribution is 7.11. The van der Waals surface area contributed by atoms with Gasteiger partial charge in [0.2, 0.25) is 6.41 Å². The molecule has 1 aliphatic rings. The van der Waals surface area contributed by atoms with Gasteiger partial charge in [0.05, 0.1) is 12.8 Å². The van der Waals surface area contributed by atoms with Crippen molar-refractivity contribution in [3.05, 3.63) is 46.4 Å². The molecule has 1 atom stereocenters. The van der Waals surface area contributed by atoms with Crippen LogP contribution in [0.15, 0.2) is 46.0 Å². The number of ether oxygens (including phenoxy) is 1. The topological polar surface area (TPSA) is 67.2 Å². The summed E-state index contributed by atoms with van der Waals surface area (Å²) in [6.07, 6.45) is 4.24. The van der Waals surface area contributed by atoms with E-state index in [0.29, 0.717) is 24.6 Å². The van der Waals surface area contributed by atoms with Crippen molar-refractivity contribution in [1.29, 1.82) is 0 Å². The highest BCUT2D eigenvalue weighted by atomic mass is 32.1. The van der Waals surface area contributed by atoms with E-state index in [1.54, 1.807) is 13.3 Å². The number of aromatic nitrogens is 1. The van der Waals surface area contributed by atoms with Crippen LogP contribution < -0.4 is 4.74 Å². The van der Waals surface area contributed by atoms with Crippen LogP contribution in [0.1, 0.15) is 44.2 Å². The van der Waals surface area contributed by atoms with Crippen molar-refractivity contribution in [2.45, 2.75) is 39.2 Å². The normalized spacial score (nSPS) is 18.8. The van der Waals surface area contributed by atoms with Crippen molar-refractivity contribution in [2.75, 3.05) is 13.7 Å². The first kappa shape index (κ1) is 20.2. The highest BCUT2D eigenvalue weighted by Crippen LogP contribution is 2.40. The first-order valence-electron chi connectivity index (χ1n) is 9.49. The zero-order valence-corrected chi connectivity index (χ0v) is 17.6. The highest BCUT2D eigenvalue weighted by Gasteiger charge is 2.51. The predicted molar refractivity (Wildman–Crippen MR) is 113 cm³/mol. The van der Waals surface area contributed by atoms with E-state index in [1.165, 1.54) is 11.3 Å². The lowest BCUT2D eigenvalue weighted by molar-refractivity contribution is -0.120. The molecule has 1 unspecified atom stereocenters. The maximum Gasteiger partial charge on any atom is 0.211 e. The average Bonchev–Trinajstić information content (AvgIpc) is 3.36. The predicted octanol–water partition coefficient (Wildman–Crippen LogP) is 4.12. The molecule has 1 amide bonds. The van der Waals surface area contributed by atoms with Crippen molar-refractivity contribution >= 4 is 29.2 Å². The minimum atomic E-state index is -0.852. The van der Waals surface area contributed by atoms with Crippen LogP contribution in [-0.2, 0) is 10.3 Å². The second-order valence-corrected chi connectivity index (χ2v) is 8.00. The van der Waals surface area contributed by atoms with Crippen LogP contribution >= 0.6 is 11.3 Å². The van der Waals surface area contributed by atoms with E-state index < -0.39 is 5.54 Å². The SMILES string of the molecule is CCC1=NN=C(c2nccs2)C1(c1ccc(OC)cc1)N(C=O)CCC(C)C. The van der Waals surface area contributed by atoms with Gasteiger partial charge in [0.15, 0.2) is 5.54 Å². The molecule has 148 valence electrons. The third-order valence-corrected chi connectivity index (χ3v) is 5.79. The number of methoxy groups -OCH3 is 1. The van der Waals surface area contributed by atoms with Gasteiger partial charge in [0.1, 0.15) is 16.5 Å². The minimum absolute atomic E-state index is 0.471. The first-order valence-corrected chi connectivity index (χ1v) is 10.4. The molecule has 1 aromatic carbocycles. The number of hydrogen-bond donors (Lipinski definition) is 0. The van der Waals surface area contributed by atoms with Crippen molar-refractivity contribution in [1.82, 2.24) is 9.88 Å². The quantitative estimate of drug-likeness (QED) is 0.597. The molecule has 0 fully saturated rings. The molecule has 1 aliphatic heterocycles. The van der Waals surface area contributed by atoms with Gasteiger partial charge < -0.3 is 9.64 Å². The molecule has 28 heavy (non-hydrogen) atoms. The van der Waals surface area contributed by atoms with Gasteiger partial charge >= 0.3 is 0 Å². The molecule has 0 saturated heterocycles. The maximum absolute atomic E-state index is 12.4. The van der Waals surface area contributed by atoms with Crippen LogP contribution in [-0.4, -0.2) is 41.4 Å². The van der Waals surface area contributed by atoms with Gasteiger partial charge in [-0.05, 0) is 36.5 Å². The Kier molecular flexibility index (Phi) is 6.24. The fourth-order valence-corrected chi connectivity index (χ4v) is 4.23. The van der Waals surface area contributed by atoms with E-state index in [2.05, 4.69) is 29.0 Å². The molecule has 3 rings (SSSR count). The Morgan fingerprint density at radius 3 is 2.54 bits per heavy atom. The average molecular weight is 399 g/mol. The van der Waals surface area contributed by atoms with Gasteiger partial charge in [-0.15, -0.1) is 16.4 Å². The molecule has 0 bridgehead atoms. The Labute approximate surface area is 170 Å². The summed E-state index contributed by atoms with van der Waals surface area (Å²) in [5, 5.41) is 11.7. The molecule has 0 saturated carbocycles. The summed E-state index contributed by atoms with van der Waals surface area (Å²) in [5.74, 6) is 1.23. The monoisotopic (exact) mass is 398 g/mol. The molecule has 2 aromatic rings. The summed E-state index contributed by atoms with van der Waals surface area (Å²) in [5.41, 5.74) is 1.64. The number of benzene rings is 1. The second kappa shape index (κ2) is 8.65. The molecular weight excluding hydrogens is 372 g/mol. The van der Waals surface area contributed by atoms with E-state index in [1.807, 2.05) is 41.5 Å². The van der Waals surface area contributed by atoms with Gasteiger partial charge in [0.25, 0.3) is 0 Å². The van der Waals surface area contributed by atoms with Crippen molar-refractivity contribution < 1.29 is 9.53 Å². The van der Waals surface area contributed by atoms with Crippen molar-refractivity contribution in [2.24, 2.45) is 16.1 Å². The van der Waals surface area contributed by atoms with Gasteiger partial charge in [-0.1, -0.05) is 32.9 Å². The maximum atomic E-state index is 12.4. The number of amides is 1. The summed E-state index contributed by atoms with van der Waals surface area (Å²) in [6.45, 7) is 6.96. The lowest BCUT2D eigenvalue weighted by Crippen LogP contribution is -2.56. The third-order valence-electron chi connectivity index (χ3n) is 5.01. The summed E-state index contributed by atoms with van der Waals surface area (Å²) in [6, 6.07) is 7.80. The Hall–Kier alpha value is -2.54. The Morgan fingerprint density at radius 2 is 2.00 bits per heavy atom. The van der Waals surface area contributed by atoms with E-state index in [9.17, 15) is 4.79 Å². The number of nitrogens with zero attached hydrogens (tertiary/aromatic N) is 4. The summed E-state index contributed by atoms with van der Waals surface area (Å²) in [4.78, 5) is 18.7. The Morgan fingerprint density at radius 1 is 1.25 bits per heavy atom. The van der Waals surface area contributed by atoms with Gasteiger partial charge in [-0.3, -0.25) is 4.79 Å². The third kappa shape index (κ3) is 3.46. The molecule has 0 spiro atoms. The van der Waals surface area contributed by atoms with Crippen LogP contribution in [0.2, 0.25) is 0 Å². The fraction of sp³-hybridized carbons (Fsp3) is 0.429. The molecule has 2 heterocycles. The molecule has 0 N–H and O–H groups in total. The summed E-state index contributed by atoms with van der Waals surface area (Å²) in [7, 11) is 1.64. The van der Waals surface area contributed by atoms with E-state index >= 15 is 0 Å². The fourth-order valence-electron chi connectivity index (χ4n) is 3.56. The van der Waals surface area contributed by atoms with Crippen LogP contribution in [0.3, 0.4) is 0 Å². The number of carbonyl (C=O) groups is 1. The molecule has 0 aliphatic carbocycles. The molecular formula is C21H26N4O2S. The second-order valence-electron chi connectivity index (χ2n) is 7.11. The summed E-state index contributed by atoms with van der Waals surface area (Å²) >= 11 is 1.51. The summed E-state index contributed by atoms with van der Waals surface area (Å²) < 4.78 is 5.33. The number of hydrogen-bond acceptors (Lipinski definition) is 6. The molecule has 6 nitrogen and oxygen atoms in total. The Bertz CT molecular complexity index is 859. The van der Waals surface area contributed by atoms with Crippen LogP contribution in [0.5, 0.6) is 5.75 Å².